The van der Waals surface area contributed by atoms with Gasteiger partial charge in [0.05, 0.1) is 23.7 Å². The summed E-state index contributed by atoms with van der Waals surface area (Å²) in [6, 6.07) is 9.98. The first-order valence-electron chi connectivity index (χ1n) is 11.2. The molecule has 4 heterocycles. The first kappa shape index (κ1) is 20.6. The van der Waals surface area contributed by atoms with Crippen LogP contribution in [0, 0.1) is 0 Å². The smallest absolute Gasteiger partial charge is 0.410 e. The van der Waals surface area contributed by atoms with Gasteiger partial charge in [-0.15, -0.1) is 0 Å². The van der Waals surface area contributed by atoms with E-state index in [1.54, 1.807) is 4.90 Å². The van der Waals surface area contributed by atoms with E-state index in [9.17, 15) is 4.79 Å². The van der Waals surface area contributed by atoms with E-state index in [4.69, 9.17) is 14.5 Å². The maximum absolute atomic E-state index is 12.3. The summed E-state index contributed by atoms with van der Waals surface area (Å²) in [6.07, 6.45) is 7.02. The Morgan fingerprint density at radius 2 is 2.03 bits per heavy atom. The number of hydrogen-bond acceptors (Lipinski definition) is 6. The van der Waals surface area contributed by atoms with E-state index in [1.165, 1.54) is 0 Å². The number of amides is 1. The summed E-state index contributed by atoms with van der Waals surface area (Å²) in [5, 5.41) is 3.47. The number of nitrogens with one attached hydrogen (secondary N) is 1. The van der Waals surface area contributed by atoms with Crippen LogP contribution in [0.4, 0.5) is 10.6 Å². The Balaban J connectivity index is 1.27. The fraction of sp³-hybridized carbons (Fsp3) is 0.458. The van der Waals surface area contributed by atoms with E-state index in [2.05, 4.69) is 10.3 Å². The third-order valence-electron chi connectivity index (χ3n) is 5.52. The molecule has 1 amide bonds. The monoisotopic (exact) mass is 435 g/mol. The average molecular weight is 436 g/mol. The molecule has 8 nitrogen and oxygen atoms in total. The lowest BCUT2D eigenvalue weighted by Crippen LogP contribution is -2.36. The Labute approximate surface area is 187 Å². The molecular formula is C24H29N5O3. The van der Waals surface area contributed by atoms with Crippen LogP contribution in [-0.4, -0.2) is 56.2 Å². The molecular weight excluding hydrogens is 406 g/mol. The lowest BCUT2D eigenvalue weighted by molar-refractivity contribution is 0.0293. The molecule has 3 aromatic heterocycles. The summed E-state index contributed by atoms with van der Waals surface area (Å²) < 4.78 is 13.4. The minimum atomic E-state index is -0.489. The number of likely N-dealkylation sites (tertiary alicyclic amines) is 1. The Morgan fingerprint density at radius 1 is 1.19 bits per heavy atom. The molecule has 1 atom stereocenters. The second-order valence-electron chi connectivity index (χ2n) is 9.52. The third-order valence-corrected chi connectivity index (χ3v) is 5.52. The van der Waals surface area contributed by atoms with Crippen molar-refractivity contribution in [3.05, 3.63) is 42.7 Å². The van der Waals surface area contributed by atoms with Gasteiger partial charge in [-0.25, -0.2) is 14.8 Å². The van der Waals surface area contributed by atoms with Crippen molar-refractivity contribution in [3.63, 3.8) is 0 Å². The highest BCUT2D eigenvalue weighted by atomic mass is 16.6. The molecule has 1 aliphatic heterocycles. The highest BCUT2D eigenvalue weighted by Crippen LogP contribution is 2.29. The number of anilines is 1. The van der Waals surface area contributed by atoms with Crippen LogP contribution < -0.4 is 10.1 Å². The predicted molar refractivity (Wildman–Crippen MR) is 122 cm³/mol. The van der Waals surface area contributed by atoms with Crippen molar-refractivity contribution in [1.82, 2.24) is 19.3 Å². The zero-order valence-corrected chi connectivity index (χ0v) is 18.7. The van der Waals surface area contributed by atoms with Crippen molar-refractivity contribution >= 4 is 17.6 Å². The summed E-state index contributed by atoms with van der Waals surface area (Å²) in [6.45, 7) is 6.92. The number of fused-ring (bicyclic) bond motifs is 1. The van der Waals surface area contributed by atoms with Crippen LogP contribution in [0.1, 0.15) is 40.0 Å². The quantitative estimate of drug-likeness (QED) is 0.641. The van der Waals surface area contributed by atoms with Gasteiger partial charge >= 0.3 is 6.09 Å². The van der Waals surface area contributed by atoms with Gasteiger partial charge in [-0.3, -0.25) is 4.40 Å². The number of ether oxygens (including phenoxy) is 2. The first-order chi connectivity index (χ1) is 15.3. The second kappa shape index (κ2) is 8.00. The molecule has 168 valence electrons. The molecule has 5 rings (SSSR count). The molecule has 1 unspecified atom stereocenters. The molecule has 1 saturated carbocycles. The summed E-state index contributed by atoms with van der Waals surface area (Å²) in [5.74, 6) is 1.64. The van der Waals surface area contributed by atoms with Gasteiger partial charge in [0, 0.05) is 31.4 Å². The Bertz CT molecular complexity index is 1130. The fourth-order valence-electron chi connectivity index (χ4n) is 3.84. The summed E-state index contributed by atoms with van der Waals surface area (Å²) in [4.78, 5) is 23.4. The van der Waals surface area contributed by atoms with Crippen molar-refractivity contribution < 1.29 is 14.3 Å². The van der Waals surface area contributed by atoms with Crippen molar-refractivity contribution in [1.29, 1.82) is 0 Å². The molecule has 2 fully saturated rings. The number of nitrogens with zero attached hydrogens (tertiary/aromatic N) is 4. The number of carbonyl (C=O) groups is 1. The van der Waals surface area contributed by atoms with E-state index in [0.29, 0.717) is 19.2 Å². The number of carbonyl (C=O) groups excluding carboxylic acids is 1. The maximum atomic E-state index is 12.3. The van der Waals surface area contributed by atoms with Crippen molar-refractivity contribution in [2.24, 2.45) is 0 Å². The third kappa shape index (κ3) is 4.64. The lowest BCUT2D eigenvalue weighted by Gasteiger charge is -2.24. The molecule has 3 aromatic rings. The van der Waals surface area contributed by atoms with Gasteiger partial charge in [-0.1, -0.05) is 6.07 Å². The van der Waals surface area contributed by atoms with Gasteiger partial charge in [-0.2, -0.15) is 0 Å². The van der Waals surface area contributed by atoms with Crippen molar-refractivity contribution in [3.8, 4) is 17.1 Å². The van der Waals surface area contributed by atoms with Gasteiger partial charge in [0.15, 0.2) is 0 Å². The SMILES string of the molecule is CC(C)(C)OC(=O)N1CCC(Nc2cccc(-c3cnc4cc(OC5CC5)ccn34)n2)C1. The van der Waals surface area contributed by atoms with Crippen LogP contribution in [0.2, 0.25) is 0 Å². The lowest BCUT2D eigenvalue weighted by atomic mass is 10.2. The predicted octanol–water partition coefficient (Wildman–Crippen LogP) is 4.36. The van der Waals surface area contributed by atoms with Gasteiger partial charge in [0.2, 0.25) is 0 Å². The topological polar surface area (TPSA) is 81.0 Å². The van der Waals surface area contributed by atoms with E-state index < -0.39 is 5.60 Å². The zero-order valence-electron chi connectivity index (χ0n) is 18.7. The van der Waals surface area contributed by atoms with Crippen LogP contribution >= 0.6 is 0 Å². The summed E-state index contributed by atoms with van der Waals surface area (Å²) in [5.41, 5.74) is 2.10. The van der Waals surface area contributed by atoms with Gasteiger partial charge < -0.3 is 19.7 Å². The Hall–Kier alpha value is -3.29. The Kier molecular flexibility index (Phi) is 5.15. The van der Waals surface area contributed by atoms with Crippen molar-refractivity contribution in [2.45, 2.75) is 57.8 Å². The van der Waals surface area contributed by atoms with Crippen LogP contribution in [-0.2, 0) is 4.74 Å². The number of imidazole rings is 1. The number of rotatable bonds is 5. The standard InChI is InChI=1S/C24H29N5O3/c1-24(2,3)32-23(30)28-11-9-16(15-28)26-21-6-4-5-19(27-21)20-14-25-22-13-18(10-12-29(20)22)31-17-7-8-17/h4-6,10,12-14,16-17H,7-9,11,15H2,1-3H3,(H,26,27). The summed E-state index contributed by atoms with van der Waals surface area (Å²) >= 11 is 0. The minimum Gasteiger partial charge on any atom is -0.490 e. The molecule has 1 saturated heterocycles. The molecule has 1 N–H and O–H groups in total. The molecule has 0 bridgehead atoms. The maximum Gasteiger partial charge on any atom is 0.410 e. The highest BCUT2D eigenvalue weighted by molar-refractivity contribution is 5.69. The van der Waals surface area contributed by atoms with Crippen LogP contribution in [0.25, 0.3) is 17.0 Å². The van der Waals surface area contributed by atoms with Crippen LogP contribution in [0.5, 0.6) is 5.75 Å². The molecule has 0 aromatic carbocycles. The molecule has 32 heavy (non-hydrogen) atoms. The average Bonchev–Trinajstić information content (AvgIpc) is 3.25. The number of hydrogen-bond donors (Lipinski definition) is 1. The van der Waals surface area contributed by atoms with E-state index in [1.807, 2.05) is 67.9 Å². The number of aromatic nitrogens is 3. The fourth-order valence-corrected chi connectivity index (χ4v) is 3.84. The normalized spacial score (nSPS) is 18.7. The summed E-state index contributed by atoms with van der Waals surface area (Å²) in [7, 11) is 0. The Morgan fingerprint density at radius 3 is 2.81 bits per heavy atom. The van der Waals surface area contributed by atoms with Gasteiger partial charge in [0.25, 0.3) is 0 Å². The molecule has 1 aliphatic carbocycles. The van der Waals surface area contributed by atoms with E-state index >= 15 is 0 Å². The molecule has 0 radical (unpaired) electrons. The number of pyridine rings is 2. The molecule has 0 spiro atoms. The van der Waals surface area contributed by atoms with Gasteiger partial charge in [-0.05, 0) is 58.2 Å². The largest absolute Gasteiger partial charge is 0.490 e. The van der Waals surface area contributed by atoms with Gasteiger partial charge in [0.1, 0.15) is 22.8 Å². The van der Waals surface area contributed by atoms with E-state index in [-0.39, 0.29) is 12.1 Å². The van der Waals surface area contributed by atoms with E-state index in [0.717, 1.165) is 47.9 Å². The zero-order chi connectivity index (χ0) is 22.3. The molecule has 8 heteroatoms. The van der Waals surface area contributed by atoms with Crippen molar-refractivity contribution in [2.75, 3.05) is 18.4 Å². The second-order valence-corrected chi connectivity index (χ2v) is 9.52. The first-order valence-corrected chi connectivity index (χ1v) is 11.2. The van der Waals surface area contributed by atoms with Crippen LogP contribution in [0.15, 0.2) is 42.7 Å². The highest BCUT2D eigenvalue weighted by Gasteiger charge is 2.30. The van der Waals surface area contributed by atoms with Crippen LogP contribution in [0.3, 0.4) is 0 Å². The molecule has 2 aliphatic rings. The minimum absolute atomic E-state index is 0.134.